The summed E-state index contributed by atoms with van der Waals surface area (Å²) in [5.74, 6) is -1.18. The Bertz CT molecular complexity index is 1010. The number of methoxy groups -OCH3 is 1. The number of aliphatic carboxylic acids is 1. The first-order chi connectivity index (χ1) is 16.5. The summed E-state index contributed by atoms with van der Waals surface area (Å²) in [6.07, 6.45) is 0.359. The number of amides is 2. The van der Waals surface area contributed by atoms with Crippen LogP contribution in [-0.4, -0.2) is 66.9 Å². The maximum Gasteiger partial charge on any atom is 0.407 e. The Morgan fingerprint density at radius 2 is 1.74 bits per heavy atom. The molecule has 2 aromatic carbocycles. The smallest absolute Gasteiger partial charge is 0.407 e. The molecule has 8 nitrogen and oxygen atoms in total. The van der Waals surface area contributed by atoms with E-state index in [1.807, 2.05) is 24.3 Å². The molecule has 8 heteroatoms. The third-order valence-electron chi connectivity index (χ3n) is 6.65. The van der Waals surface area contributed by atoms with E-state index in [1.54, 1.807) is 4.90 Å². The van der Waals surface area contributed by atoms with E-state index in [4.69, 9.17) is 14.6 Å². The molecular formula is C26H30N2O6. The molecular weight excluding hydrogens is 436 g/mol. The fourth-order valence-electron chi connectivity index (χ4n) is 5.02. The van der Waals surface area contributed by atoms with Crippen molar-refractivity contribution in [1.82, 2.24) is 10.2 Å². The van der Waals surface area contributed by atoms with Crippen molar-refractivity contribution < 1.29 is 29.0 Å². The van der Waals surface area contributed by atoms with E-state index in [-0.39, 0.29) is 43.9 Å². The molecule has 0 radical (unpaired) electrons. The summed E-state index contributed by atoms with van der Waals surface area (Å²) in [6, 6.07) is 16.0. The molecule has 34 heavy (non-hydrogen) atoms. The second kappa shape index (κ2) is 10.7. The van der Waals surface area contributed by atoms with E-state index < -0.39 is 18.2 Å². The largest absolute Gasteiger partial charge is 0.481 e. The number of carbonyl (C=O) groups is 3. The average molecular weight is 467 g/mol. The van der Waals surface area contributed by atoms with Crippen LogP contribution in [0.2, 0.25) is 0 Å². The quantitative estimate of drug-likeness (QED) is 0.587. The first kappa shape index (κ1) is 23.8. The van der Waals surface area contributed by atoms with Crippen LogP contribution in [0.4, 0.5) is 4.79 Å². The van der Waals surface area contributed by atoms with Gasteiger partial charge in [-0.15, -0.1) is 0 Å². The van der Waals surface area contributed by atoms with Gasteiger partial charge in [-0.2, -0.15) is 0 Å². The number of carboxylic acid groups (broad SMARTS) is 1. The lowest BCUT2D eigenvalue weighted by molar-refractivity contribution is -0.145. The van der Waals surface area contributed by atoms with Crippen molar-refractivity contribution in [1.29, 1.82) is 0 Å². The van der Waals surface area contributed by atoms with Gasteiger partial charge in [0, 0.05) is 38.6 Å². The van der Waals surface area contributed by atoms with E-state index in [1.165, 1.54) is 7.11 Å². The van der Waals surface area contributed by atoms with Gasteiger partial charge in [0.1, 0.15) is 12.7 Å². The molecule has 1 fully saturated rings. The Balaban J connectivity index is 1.27. The Hall–Kier alpha value is -3.39. The van der Waals surface area contributed by atoms with Gasteiger partial charge in [0.15, 0.2) is 0 Å². The highest BCUT2D eigenvalue weighted by Crippen LogP contribution is 2.44. The van der Waals surface area contributed by atoms with Crippen LogP contribution in [0.1, 0.15) is 42.7 Å². The molecule has 0 bridgehead atoms. The second-order valence-electron chi connectivity index (χ2n) is 8.69. The lowest BCUT2D eigenvalue weighted by atomic mass is 9.98. The molecule has 0 aromatic heterocycles. The summed E-state index contributed by atoms with van der Waals surface area (Å²) in [5.41, 5.74) is 4.61. The van der Waals surface area contributed by atoms with Gasteiger partial charge in [-0.3, -0.25) is 9.59 Å². The first-order valence-corrected chi connectivity index (χ1v) is 11.6. The Morgan fingerprint density at radius 1 is 1.09 bits per heavy atom. The van der Waals surface area contributed by atoms with Gasteiger partial charge < -0.3 is 24.8 Å². The highest BCUT2D eigenvalue weighted by Gasteiger charge is 2.34. The number of likely N-dealkylation sites (tertiary alicyclic amines) is 1. The molecule has 2 amide bonds. The van der Waals surface area contributed by atoms with E-state index in [2.05, 4.69) is 29.6 Å². The number of hydrogen-bond acceptors (Lipinski definition) is 5. The lowest BCUT2D eigenvalue weighted by Crippen LogP contribution is -2.44. The molecule has 0 spiro atoms. The number of nitrogens with one attached hydrogen (secondary N) is 1. The van der Waals surface area contributed by atoms with Gasteiger partial charge in [0.25, 0.3) is 5.91 Å². The molecule has 4 rings (SSSR count). The Morgan fingerprint density at radius 3 is 2.35 bits per heavy atom. The molecule has 2 N–H and O–H groups in total. The van der Waals surface area contributed by atoms with Crippen LogP contribution in [0.15, 0.2) is 48.5 Å². The topological polar surface area (TPSA) is 105 Å². The van der Waals surface area contributed by atoms with Crippen LogP contribution in [-0.2, 0) is 19.1 Å². The maximum atomic E-state index is 12.8. The summed E-state index contributed by atoms with van der Waals surface area (Å²) in [5, 5.41) is 11.8. The molecule has 1 saturated heterocycles. The van der Waals surface area contributed by atoms with Crippen molar-refractivity contribution in [2.45, 2.75) is 43.7 Å². The van der Waals surface area contributed by atoms with Crippen molar-refractivity contribution in [3.63, 3.8) is 0 Å². The van der Waals surface area contributed by atoms with Crippen LogP contribution < -0.4 is 5.32 Å². The molecule has 2 aromatic rings. The summed E-state index contributed by atoms with van der Waals surface area (Å²) >= 11 is 0. The number of rotatable bonds is 9. The van der Waals surface area contributed by atoms with Gasteiger partial charge in [0.2, 0.25) is 0 Å². The highest BCUT2D eigenvalue weighted by molar-refractivity contribution is 5.82. The molecule has 1 aliphatic carbocycles. The van der Waals surface area contributed by atoms with Gasteiger partial charge in [-0.05, 0) is 35.1 Å². The van der Waals surface area contributed by atoms with Crippen molar-refractivity contribution in [3.8, 4) is 11.1 Å². The number of carboxylic acids is 1. The average Bonchev–Trinajstić information content (AvgIpc) is 3.42. The van der Waals surface area contributed by atoms with Gasteiger partial charge in [-0.1, -0.05) is 48.5 Å². The van der Waals surface area contributed by atoms with Crippen LogP contribution in [0.3, 0.4) is 0 Å². The molecule has 1 unspecified atom stereocenters. The third-order valence-corrected chi connectivity index (χ3v) is 6.65. The second-order valence-corrected chi connectivity index (χ2v) is 8.69. The normalized spacial score (nSPS) is 17.7. The zero-order chi connectivity index (χ0) is 24.1. The predicted octanol–water partition coefficient (Wildman–Crippen LogP) is 3.40. The van der Waals surface area contributed by atoms with Gasteiger partial charge >= 0.3 is 12.1 Å². The molecule has 2 atom stereocenters. The van der Waals surface area contributed by atoms with Crippen LogP contribution in [0.5, 0.6) is 0 Å². The fraction of sp³-hybridized carbons (Fsp3) is 0.423. The maximum absolute atomic E-state index is 12.8. The summed E-state index contributed by atoms with van der Waals surface area (Å²) in [6.45, 7) is 0.950. The van der Waals surface area contributed by atoms with E-state index in [0.717, 1.165) is 28.7 Å². The Labute approximate surface area is 198 Å². The minimum Gasteiger partial charge on any atom is -0.481 e. The standard InChI is InChI=1S/C26H30N2O6/c1-33-23(25(31)28-14-6-7-17(28)15-24(29)30)12-13-27-26(32)34-16-22-20-10-4-2-8-18(20)19-9-3-5-11-21(19)22/h2-5,8-11,17,22-23H,6-7,12-16H2,1H3,(H,27,32)(H,29,30)/t17-,23?/m0/s1. The number of alkyl carbamates (subject to hydrolysis) is 1. The minimum atomic E-state index is -0.921. The lowest BCUT2D eigenvalue weighted by Gasteiger charge is -2.27. The van der Waals surface area contributed by atoms with Crippen molar-refractivity contribution in [2.75, 3.05) is 26.8 Å². The van der Waals surface area contributed by atoms with Crippen molar-refractivity contribution >= 4 is 18.0 Å². The molecule has 1 aliphatic heterocycles. The molecule has 1 heterocycles. The monoisotopic (exact) mass is 466 g/mol. The van der Waals surface area contributed by atoms with Crippen molar-refractivity contribution in [2.24, 2.45) is 0 Å². The number of carbonyl (C=O) groups excluding carboxylic acids is 2. The van der Waals surface area contributed by atoms with E-state index >= 15 is 0 Å². The van der Waals surface area contributed by atoms with Crippen molar-refractivity contribution in [3.05, 3.63) is 59.7 Å². The van der Waals surface area contributed by atoms with Crippen LogP contribution in [0.25, 0.3) is 11.1 Å². The number of ether oxygens (including phenoxy) is 2. The SMILES string of the molecule is COC(CCNC(=O)OCC1c2ccccc2-c2ccccc21)C(=O)N1CCC[C@H]1CC(=O)O. The number of fused-ring (bicyclic) bond motifs is 3. The molecule has 2 aliphatic rings. The van der Waals surface area contributed by atoms with Gasteiger partial charge in [0.05, 0.1) is 6.42 Å². The third kappa shape index (κ3) is 5.07. The summed E-state index contributed by atoms with van der Waals surface area (Å²) in [4.78, 5) is 37.9. The van der Waals surface area contributed by atoms with Crippen LogP contribution in [0, 0.1) is 0 Å². The zero-order valence-corrected chi connectivity index (χ0v) is 19.2. The first-order valence-electron chi connectivity index (χ1n) is 11.6. The summed E-state index contributed by atoms with van der Waals surface area (Å²) < 4.78 is 10.9. The van der Waals surface area contributed by atoms with E-state index in [0.29, 0.717) is 13.0 Å². The molecule has 0 saturated carbocycles. The highest BCUT2D eigenvalue weighted by atomic mass is 16.5. The minimum absolute atomic E-state index is 0.0206. The fourth-order valence-corrected chi connectivity index (χ4v) is 5.02. The van der Waals surface area contributed by atoms with Crippen LogP contribution >= 0.6 is 0 Å². The molecule has 180 valence electrons. The number of hydrogen-bond donors (Lipinski definition) is 2. The summed E-state index contributed by atoms with van der Waals surface area (Å²) in [7, 11) is 1.44. The number of nitrogens with zero attached hydrogens (tertiary/aromatic N) is 1. The predicted molar refractivity (Wildman–Crippen MR) is 125 cm³/mol. The van der Waals surface area contributed by atoms with E-state index in [9.17, 15) is 14.4 Å². The van der Waals surface area contributed by atoms with Gasteiger partial charge in [-0.25, -0.2) is 4.79 Å². The Kier molecular flexibility index (Phi) is 7.47. The zero-order valence-electron chi connectivity index (χ0n) is 19.2. The number of benzene rings is 2.